The fraction of sp³-hybridized carbons (Fsp3) is 0.273. The summed E-state index contributed by atoms with van der Waals surface area (Å²) >= 11 is 1.40. The van der Waals surface area contributed by atoms with Crippen LogP contribution in [-0.4, -0.2) is 24.7 Å². The molecule has 0 saturated heterocycles. The Balaban J connectivity index is 2.03. The summed E-state index contributed by atoms with van der Waals surface area (Å²) in [5, 5.41) is 1.48. The van der Waals surface area contributed by atoms with Crippen molar-refractivity contribution in [1.29, 1.82) is 0 Å². The number of halogens is 1. The second-order valence-electron chi connectivity index (χ2n) is 7.16. The van der Waals surface area contributed by atoms with Gasteiger partial charge in [0, 0.05) is 30.0 Å². The zero-order chi connectivity index (χ0) is 21.9. The fourth-order valence-electron chi connectivity index (χ4n) is 2.70. The molecule has 2 aromatic rings. The summed E-state index contributed by atoms with van der Waals surface area (Å²) in [4.78, 5) is 9.32. The molecule has 0 N–H and O–H groups in total. The number of thioether (sulfide) groups is 1. The Labute approximate surface area is 180 Å². The minimum atomic E-state index is -3.29. The molecule has 2 heterocycles. The molecule has 1 aromatic carbocycles. The number of allylic oxidation sites excluding steroid dienone is 5. The number of aromatic nitrogens is 1. The Kier molecular flexibility index (Phi) is 6.77. The van der Waals surface area contributed by atoms with E-state index in [4.69, 9.17) is 4.42 Å². The summed E-state index contributed by atoms with van der Waals surface area (Å²) in [6.07, 6.45) is 7.73. The molecule has 0 fully saturated rings. The third-order valence-electron chi connectivity index (χ3n) is 4.42. The maximum Gasteiger partial charge on any atom is 0.223 e. The predicted molar refractivity (Wildman–Crippen MR) is 120 cm³/mol. The van der Waals surface area contributed by atoms with Crippen molar-refractivity contribution in [3.8, 4) is 11.3 Å². The maximum absolute atomic E-state index is 13.1. The first-order valence-corrected chi connectivity index (χ1v) is 12.1. The number of rotatable bonds is 5. The largest absolute Gasteiger partial charge is 0.429 e. The molecule has 0 amide bonds. The molecule has 0 saturated carbocycles. The van der Waals surface area contributed by atoms with E-state index in [0.29, 0.717) is 22.3 Å². The summed E-state index contributed by atoms with van der Waals surface area (Å²) in [7, 11) is -3.29. The summed E-state index contributed by atoms with van der Waals surface area (Å²) in [5.41, 5.74) is 3.22. The van der Waals surface area contributed by atoms with Crippen LogP contribution in [0.2, 0.25) is 0 Å². The third-order valence-corrected chi connectivity index (χ3v) is 6.56. The molecular weight excluding hydrogens is 423 g/mol. The van der Waals surface area contributed by atoms with Crippen molar-refractivity contribution < 1.29 is 17.2 Å². The number of nitrogens with zero attached hydrogens (tertiary/aromatic N) is 2. The highest BCUT2D eigenvalue weighted by molar-refractivity contribution is 8.13. The highest BCUT2D eigenvalue weighted by Crippen LogP contribution is 2.36. The van der Waals surface area contributed by atoms with Gasteiger partial charge >= 0.3 is 0 Å². The van der Waals surface area contributed by atoms with Crippen LogP contribution in [0, 0.1) is 0 Å². The number of hydrogen-bond donors (Lipinski definition) is 0. The molecule has 0 aliphatic carbocycles. The molecule has 0 atom stereocenters. The Morgan fingerprint density at radius 1 is 1.17 bits per heavy atom. The van der Waals surface area contributed by atoms with Crippen LogP contribution < -0.4 is 0 Å². The van der Waals surface area contributed by atoms with E-state index < -0.39 is 9.84 Å². The molecule has 1 aliphatic heterocycles. The number of benzene rings is 1. The Morgan fingerprint density at radius 2 is 1.87 bits per heavy atom. The van der Waals surface area contributed by atoms with Crippen molar-refractivity contribution in [3.63, 3.8) is 0 Å². The zero-order valence-electron chi connectivity index (χ0n) is 17.3. The van der Waals surface area contributed by atoms with Gasteiger partial charge in [-0.05, 0) is 57.2 Å². The van der Waals surface area contributed by atoms with Crippen LogP contribution in [0.5, 0.6) is 0 Å². The first-order valence-electron chi connectivity index (χ1n) is 9.36. The van der Waals surface area contributed by atoms with Crippen molar-refractivity contribution in [2.45, 2.75) is 43.6 Å². The first-order chi connectivity index (χ1) is 14.1. The van der Waals surface area contributed by atoms with Gasteiger partial charge in [0.25, 0.3) is 0 Å². The second-order valence-corrected chi connectivity index (χ2v) is 10.2. The van der Waals surface area contributed by atoms with Crippen molar-refractivity contribution in [2.75, 3.05) is 6.26 Å². The summed E-state index contributed by atoms with van der Waals surface area (Å²) in [6.45, 7) is 5.20. The third kappa shape index (κ3) is 5.58. The molecule has 3 rings (SSSR count). The van der Waals surface area contributed by atoms with Crippen molar-refractivity contribution in [3.05, 3.63) is 59.9 Å². The minimum Gasteiger partial charge on any atom is -0.429 e. The van der Waals surface area contributed by atoms with Gasteiger partial charge < -0.3 is 4.42 Å². The van der Waals surface area contributed by atoms with E-state index in [1.54, 1.807) is 37.3 Å². The molecule has 0 bridgehead atoms. The molecular formula is C22H23FN2O3S2. The zero-order valence-corrected chi connectivity index (χ0v) is 18.9. The molecule has 30 heavy (non-hydrogen) atoms. The van der Waals surface area contributed by atoms with Gasteiger partial charge in [-0.15, -0.1) is 0 Å². The molecule has 158 valence electrons. The Bertz CT molecular complexity index is 1170. The van der Waals surface area contributed by atoms with Crippen LogP contribution in [0.3, 0.4) is 0 Å². The highest BCUT2D eigenvalue weighted by atomic mass is 32.2. The fourth-order valence-corrected chi connectivity index (χ4v) is 4.23. The second kappa shape index (κ2) is 9.14. The van der Waals surface area contributed by atoms with Crippen LogP contribution in [0.1, 0.15) is 39.5 Å². The molecule has 8 heteroatoms. The monoisotopic (exact) mass is 446 g/mol. The van der Waals surface area contributed by atoms with E-state index in [1.807, 2.05) is 13.1 Å². The van der Waals surface area contributed by atoms with Crippen LogP contribution in [0.25, 0.3) is 16.8 Å². The molecule has 0 radical (unpaired) electrons. The average Bonchev–Trinajstić information content (AvgIpc) is 3.11. The maximum atomic E-state index is 13.1. The number of oxazole rings is 1. The van der Waals surface area contributed by atoms with Gasteiger partial charge in [0.1, 0.15) is 5.69 Å². The van der Waals surface area contributed by atoms with Crippen molar-refractivity contribution in [1.82, 2.24) is 4.98 Å². The van der Waals surface area contributed by atoms with Gasteiger partial charge in [0.15, 0.2) is 14.9 Å². The average molecular weight is 447 g/mol. The standard InChI is InChI=1S/C22H23FN2O3S2/c1-14-5-12-19(24-13-14)29-22-20(17-8-10-18(11-9-17)30(4,26)27)25-21(28-22)15(2)6-7-16(3)23/h6-11,13H,5,12H2,1-4H3. The van der Waals surface area contributed by atoms with Crippen molar-refractivity contribution in [2.24, 2.45) is 4.99 Å². The molecule has 0 unspecified atom stereocenters. The van der Waals surface area contributed by atoms with E-state index >= 15 is 0 Å². The number of hydrogen-bond acceptors (Lipinski definition) is 6. The predicted octanol–water partition coefficient (Wildman–Crippen LogP) is 6.21. The van der Waals surface area contributed by atoms with E-state index in [-0.39, 0.29) is 10.7 Å². The van der Waals surface area contributed by atoms with Crippen LogP contribution >= 0.6 is 11.8 Å². The number of aliphatic imine (C=N–C) groups is 1. The molecule has 5 nitrogen and oxygen atoms in total. The Morgan fingerprint density at radius 3 is 2.43 bits per heavy atom. The van der Waals surface area contributed by atoms with Gasteiger partial charge in [-0.2, -0.15) is 0 Å². The van der Waals surface area contributed by atoms with Crippen LogP contribution in [0.4, 0.5) is 4.39 Å². The van der Waals surface area contributed by atoms with Gasteiger partial charge in [0.2, 0.25) is 5.89 Å². The first kappa shape index (κ1) is 22.2. The lowest BCUT2D eigenvalue weighted by Gasteiger charge is -2.09. The Hall–Kier alpha value is -2.45. The lowest BCUT2D eigenvalue weighted by atomic mass is 10.1. The van der Waals surface area contributed by atoms with Crippen molar-refractivity contribution >= 4 is 32.2 Å². The quantitative estimate of drug-likeness (QED) is 0.511. The summed E-state index contributed by atoms with van der Waals surface area (Å²) < 4.78 is 42.6. The van der Waals surface area contributed by atoms with E-state index in [1.165, 1.54) is 36.6 Å². The van der Waals surface area contributed by atoms with Gasteiger partial charge in [-0.3, -0.25) is 4.99 Å². The van der Waals surface area contributed by atoms with E-state index in [9.17, 15) is 12.8 Å². The van der Waals surface area contributed by atoms with E-state index in [2.05, 4.69) is 9.98 Å². The van der Waals surface area contributed by atoms with Gasteiger partial charge in [0.05, 0.1) is 15.8 Å². The van der Waals surface area contributed by atoms with Gasteiger partial charge in [-0.25, -0.2) is 17.8 Å². The highest BCUT2D eigenvalue weighted by Gasteiger charge is 2.20. The van der Waals surface area contributed by atoms with Gasteiger partial charge in [-0.1, -0.05) is 23.8 Å². The normalized spacial score (nSPS) is 15.8. The SMILES string of the molecule is CC(F)=CC=C(C)c1nc(-c2ccc(S(C)(=O)=O)cc2)c(SC2=NC=C(C)CC2)o1. The summed E-state index contributed by atoms with van der Waals surface area (Å²) in [6, 6.07) is 6.52. The molecule has 1 aliphatic rings. The number of sulfone groups is 1. The minimum absolute atomic E-state index is 0.237. The topological polar surface area (TPSA) is 72.5 Å². The molecule has 0 spiro atoms. The lowest BCUT2D eigenvalue weighted by Crippen LogP contribution is -1.98. The smallest absolute Gasteiger partial charge is 0.223 e. The lowest BCUT2D eigenvalue weighted by molar-refractivity contribution is 0.459. The molecule has 1 aromatic heterocycles. The summed E-state index contributed by atoms with van der Waals surface area (Å²) in [5.74, 6) is 0.0612. The van der Waals surface area contributed by atoms with Crippen LogP contribution in [0.15, 0.2) is 73.4 Å². The van der Waals surface area contributed by atoms with E-state index in [0.717, 1.165) is 23.4 Å². The van der Waals surface area contributed by atoms with Crippen LogP contribution in [-0.2, 0) is 9.84 Å².